The van der Waals surface area contributed by atoms with Crippen molar-refractivity contribution in [1.29, 1.82) is 0 Å². The van der Waals surface area contributed by atoms with Gasteiger partial charge in [-0.05, 0) is 37.6 Å². The molecule has 1 aromatic carbocycles. The molecule has 0 bridgehead atoms. The lowest BCUT2D eigenvalue weighted by atomic mass is 10.3. The zero-order valence-electron chi connectivity index (χ0n) is 10.1. The maximum Gasteiger partial charge on any atom is 0.269 e. The molecule has 0 aromatic heterocycles. The highest BCUT2D eigenvalue weighted by atomic mass is 35.5. The summed E-state index contributed by atoms with van der Waals surface area (Å²) in [6, 6.07) is 6.76. The minimum Gasteiger partial charge on any atom is -0.481 e. The van der Waals surface area contributed by atoms with Crippen molar-refractivity contribution in [2.24, 2.45) is 0 Å². The van der Waals surface area contributed by atoms with E-state index in [-0.39, 0.29) is 11.8 Å². The highest BCUT2D eigenvalue weighted by Crippen LogP contribution is 2.18. The molecule has 1 aliphatic heterocycles. The van der Waals surface area contributed by atoms with Gasteiger partial charge in [-0.15, -0.1) is 0 Å². The first-order valence-electron chi connectivity index (χ1n) is 5.84. The van der Waals surface area contributed by atoms with Crippen molar-refractivity contribution in [3.8, 4) is 5.75 Å². The first-order chi connectivity index (χ1) is 8.58. The van der Waals surface area contributed by atoms with Gasteiger partial charge in [-0.2, -0.15) is 0 Å². The van der Waals surface area contributed by atoms with Crippen LogP contribution in [-0.2, 0) is 9.59 Å². The number of imide groups is 1. The number of hydrogen-bond acceptors (Lipinski definition) is 3. The van der Waals surface area contributed by atoms with Gasteiger partial charge >= 0.3 is 0 Å². The summed E-state index contributed by atoms with van der Waals surface area (Å²) in [6.07, 6.45) is 0.505. The summed E-state index contributed by atoms with van der Waals surface area (Å²) in [5, 5.41) is 0.607. The van der Waals surface area contributed by atoms with Crippen molar-refractivity contribution in [2.45, 2.75) is 25.9 Å². The first kappa shape index (κ1) is 12.9. The molecule has 96 valence electrons. The lowest BCUT2D eigenvalue weighted by Gasteiger charge is -2.19. The number of nitrogens with zero attached hydrogens (tertiary/aromatic N) is 1. The fourth-order valence-corrected chi connectivity index (χ4v) is 1.99. The molecule has 0 spiro atoms. The summed E-state index contributed by atoms with van der Waals surface area (Å²) in [6.45, 7) is 2.13. The number of carbonyl (C=O) groups is 2. The molecule has 1 aromatic rings. The lowest BCUT2D eigenvalue weighted by molar-refractivity contribution is -0.146. The summed E-state index contributed by atoms with van der Waals surface area (Å²) in [7, 11) is 0. The van der Waals surface area contributed by atoms with Crippen molar-refractivity contribution >= 4 is 23.4 Å². The van der Waals surface area contributed by atoms with Crippen molar-refractivity contribution in [2.75, 3.05) is 6.54 Å². The second kappa shape index (κ2) is 5.40. The fraction of sp³-hybridized carbons (Fsp3) is 0.385. The Kier molecular flexibility index (Phi) is 3.87. The zero-order valence-corrected chi connectivity index (χ0v) is 10.8. The third kappa shape index (κ3) is 2.82. The average molecular weight is 268 g/mol. The molecule has 5 heteroatoms. The number of ether oxygens (including phenoxy) is 1. The van der Waals surface area contributed by atoms with Gasteiger partial charge in [-0.3, -0.25) is 14.5 Å². The van der Waals surface area contributed by atoms with E-state index in [0.29, 0.717) is 23.7 Å². The molecular formula is C13H14ClNO3. The third-order valence-electron chi connectivity index (χ3n) is 2.81. The van der Waals surface area contributed by atoms with Crippen molar-refractivity contribution in [3.05, 3.63) is 29.3 Å². The van der Waals surface area contributed by atoms with E-state index in [2.05, 4.69) is 0 Å². The molecule has 1 unspecified atom stereocenters. The summed E-state index contributed by atoms with van der Waals surface area (Å²) in [5.74, 6) is 0.158. The maximum atomic E-state index is 12.0. The zero-order chi connectivity index (χ0) is 13.1. The number of rotatable bonds is 3. The smallest absolute Gasteiger partial charge is 0.269 e. The summed E-state index contributed by atoms with van der Waals surface area (Å²) >= 11 is 5.76. The number of halogens is 1. The van der Waals surface area contributed by atoms with Crippen LogP contribution in [0.2, 0.25) is 5.02 Å². The van der Waals surface area contributed by atoms with Crippen LogP contribution in [0.25, 0.3) is 0 Å². The predicted molar refractivity (Wildman–Crippen MR) is 67.5 cm³/mol. The van der Waals surface area contributed by atoms with Crippen LogP contribution < -0.4 is 4.74 Å². The van der Waals surface area contributed by atoms with Gasteiger partial charge in [0.15, 0.2) is 6.10 Å². The Bertz CT molecular complexity index is 458. The van der Waals surface area contributed by atoms with Gasteiger partial charge in [0.1, 0.15) is 5.75 Å². The standard InChI is InChI=1S/C13H14ClNO3/c1-9(13(17)15-8-2-3-12(15)16)18-11-6-4-10(14)5-7-11/h4-7,9H,2-3,8H2,1H3. The Morgan fingerprint density at radius 3 is 2.61 bits per heavy atom. The highest BCUT2D eigenvalue weighted by Gasteiger charge is 2.30. The number of benzene rings is 1. The SMILES string of the molecule is CC(Oc1ccc(Cl)cc1)C(=O)N1CCCC1=O. The molecule has 0 radical (unpaired) electrons. The van der Waals surface area contributed by atoms with E-state index in [1.165, 1.54) is 4.90 Å². The Morgan fingerprint density at radius 1 is 1.39 bits per heavy atom. The predicted octanol–water partition coefficient (Wildman–Crippen LogP) is 2.26. The molecule has 1 fully saturated rings. The van der Waals surface area contributed by atoms with E-state index in [0.717, 1.165) is 6.42 Å². The van der Waals surface area contributed by atoms with Gasteiger partial charge in [0.2, 0.25) is 5.91 Å². The monoisotopic (exact) mass is 267 g/mol. The molecule has 0 aliphatic carbocycles. The molecule has 0 N–H and O–H groups in total. The van der Waals surface area contributed by atoms with Crippen LogP contribution in [0.3, 0.4) is 0 Å². The molecule has 4 nitrogen and oxygen atoms in total. The van der Waals surface area contributed by atoms with E-state index in [4.69, 9.17) is 16.3 Å². The van der Waals surface area contributed by atoms with E-state index in [1.807, 2.05) is 0 Å². The van der Waals surface area contributed by atoms with Gasteiger partial charge in [0, 0.05) is 18.0 Å². The largest absolute Gasteiger partial charge is 0.481 e. The summed E-state index contributed by atoms with van der Waals surface area (Å²) < 4.78 is 5.49. The maximum absolute atomic E-state index is 12.0. The van der Waals surface area contributed by atoms with Crippen LogP contribution in [0.1, 0.15) is 19.8 Å². The van der Waals surface area contributed by atoms with Crippen LogP contribution in [0.5, 0.6) is 5.75 Å². The van der Waals surface area contributed by atoms with E-state index >= 15 is 0 Å². The van der Waals surface area contributed by atoms with E-state index in [1.54, 1.807) is 31.2 Å². The van der Waals surface area contributed by atoms with E-state index < -0.39 is 6.10 Å². The van der Waals surface area contributed by atoms with Crippen LogP contribution in [-0.4, -0.2) is 29.4 Å². The number of likely N-dealkylation sites (tertiary alicyclic amines) is 1. The normalized spacial score (nSPS) is 16.8. The third-order valence-corrected chi connectivity index (χ3v) is 3.07. The second-order valence-corrected chi connectivity index (χ2v) is 4.64. The molecule has 1 heterocycles. The molecule has 1 aliphatic rings. The van der Waals surface area contributed by atoms with Gasteiger partial charge in [0.05, 0.1) is 0 Å². The Labute approximate surface area is 110 Å². The molecule has 1 atom stereocenters. The quantitative estimate of drug-likeness (QED) is 0.844. The molecule has 2 rings (SSSR count). The number of hydrogen-bond donors (Lipinski definition) is 0. The molecule has 1 saturated heterocycles. The lowest BCUT2D eigenvalue weighted by Crippen LogP contribution is -2.41. The van der Waals surface area contributed by atoms with Gasteiger partial charge in [0.25, 0.3) is 5.91 Å². The van der Waals surface area contributed by atoms with Gasteiger partial charge in [-0.25, -0.2) is 0 Å². The van der Waals surface area contributed by atoms with Crippen LogP contribution in [0.4, 0.5) is 0 Å². The molecule has 2 amide bonds. The van der Waals surface area contributed by atoms with Crippen molar-refractivity contribution in [1.82, 2.24) is 4.90 Å². The molecule has 0 saturated carbocycles. The second-order valence-electron chi connectivity index (χ2n) is 4.20. The van der Waals surface area contributed by atoms with E-state index in [9.17, 15) is 9.59 Å². The minimum atomic E-state index is -0.673. The molecule has 18 heavy (non-hydrogen) atoms. The number of carbonyl (C=O) groups excluding carboxylic acids is 2. The van der Waals surface area contributed by atoms with Crippen molar-refractivity contribution in [3.63, 3.8) is 0 Å². The topological polar surface area (TPSA) is 46.6 Å². The van der Waals surface area contributed by atoms with Crippen LogP contribution >= 0.6 is 11.6 Å². The fourth-order valence-electron chi connectivity index (χ4n) is 1.87. The van der Waals surface area contributed by atoms with Gasteiger partial charge in [-0.1, -0.05) is 11.6 Å². The summed E-state index contributed by atoms with van der Waals surface area (Å²) in [4.78, 5) is 24.7. The van der Waals surface area contributed by atoms with Crippen LogP contribution in [0, 0.1) is 0 Å². The Morgan fingerprint density at radius 2 is 2.06 bits per heavy atom. The minimum absolute atomic E-state index is 0.119. The first-order valence-corrected chi connectivity index (χ1v) is 6.22. The molecular weight excluding hydrogens is 254 g/mol. The highest BCUT2D eigenvalue weighted by molar-refractivity contribution is 6.30. The Hall–Kier alpha value is -1.55. The van der Waals surface area contributed by atoms with Crippen LogP contribution in [0.15, 0.2) is 24.3 Å². The van der Waals surface area contributed by atoms with Crippen molar-refractivity contribution < 1.29 is 14.3 Å². The summed E-state index contributed by atoms with van der Waals surface area (Å²) in [5.41, 5.74) is 0. The van der Waals surface area contributed by atoms with Gasteiger partial charge < -0.3 is 4.74 Å². The number of amides is 2. The average Bonchev–Trinajstić information content (AvgIpc) is 2.77. The Balaban J connectivity index is 1.99.